The summed E-state index contributed by atoms with van der Waals surface area (Å²) in [7, 11) is 0. The van der Waals surface area contributed by atoms with Crippen LogP contribution >= 0.6 is 0 Å². The fourth-order valence-electron chi connectivity index (χ4n) is 5.38. The molecule has 7 rings (SSSR count). The van der Waals surface area contributed by atoms with E-state index in [4.69, 9.17) is 0 Å². The highest BCUT2D eigenvalue weighted by atomic mass is 14.6. The molecule has 2 heterocycles. The molecule has 0 aliphatic heterocycles. The molecule has 0 spiro atoms. The summed E-state index contributed by atoms with van der Waals surface area (Å²) in [6.07, 6.45) is 7.82. The van der Waals surface area contributed by atoms with Crippen molar-refractivity contribution in [3.63, 3.8) is 0 Å². The van der Waals surface area contributed by atoms with Gasteiger partial charge in [0.05, 0.1) is 0 Å². The topological polar surface area (TPSA) is 25.8 Å². The Morgan fingerprint density at radius 1 is 0.353 bits per heavy atom. The van der Waals surface area contributed by atoms with E-state index in [0.29, 0.717) is 0 Å². The van der Waals surface area contributed by atoms with E-state index in [0.717, 1.165) is 10.8 Å². The molecule has 2 aromatic heterocycles. The van der Waals surface area contributed by atoms with Crippen LogP contribution in [0.1, 0.15) is 0 Å². The van der Waals surface area contributed by atoms with Gasteiger partial charge >= 0.3 is 0 Å². The zero-order valence-corrected chi connectivity index (χ0v) is 18.4. The van der Waals surface area contributed by atoms with Gasteiger partial charge in [-0.25, -0.2) is 0 Å². The summed E-state index contributed by atoms with van der Waals surface area (Å²) in [6, 6.07) is 34.6. The van der Waals surface area contributed by atoms with E-state index in [1.54, 1.807) is 0 Å². The minimum Gasteiger partial charge on any atom is -0.264 e. The average Bonchev–Trinajstić information content (AvgIpc) is 2.91. The maximum absolute atomic E-state index is 4.57. The van der Waals surface area contributed by atoms with Crippen LogP contribution < -0.4 is 0 Å². The van der Waals surface area contributed by atoms with Crippen LogP contribution in [-0.2, 0) is 0 Å². The molecule has 2 heteroatoms. The van der Waals surface area contributed by atoms with E-state index in [-0.39, 0.29) is 0 Å². The van der Waals surface area contributed by atoms with Crippen LogP contribution in [-0.4, -0.2) is 9.97 Å². The van der Waals surface area contributed by atoms with Gasteiger partial charge in [-0.3, -0.25) is 9.97 Å². The number of benzene rings is 5. The predicted molar refractivity (Wildman–Crippen MR) is 143 cm³/mol. The van der Waals surface area contributed by atoms with Crippen molar-refractivity contribution in [2.45, 2.75) is 0 Å². The fourth-order valence-corrected chi connectivity index (χ4v) is 5.38. The third-order valence-corrected chi connectivity index (χ3v) is 6.84. The largest absolute Gasteiger partial charge is 0.264 e. The second-order valence-electron chi connectivity index (χ2n) is 8.65. The maximum atomic E-state index is 4.57. The Hall–Kier alpha value is -4.56. The van der Waals surface area contributed by atoms with Gasteiger partial charge in [0, 0.05) is 35.6 Å². The van der Waals surface area contributed by atoms with E-state index in [2.05, 4.69) is 107 Å². The number of hydrogen-bond acceptors (Lipinski definition) is 2. The predicted octanol–water partition coefficient (Wildman–Crippen LogP) is 8.42. The smallest absolute Gasteiger partial charge is 0.0353 e. The molecule has 5 aromatic carbocycles. The van der Waals surface area contributed by atoms with Gasteiger partial charge in [-0.05, 0) is 66.7 Å². The molecule has 0 saturated heterocycles. The fraction of sp³-hybridized carbons (Fsp3) is 0. The van der Waals surface area contributed by atoms with Crippen molar-refractivity contribution in [2.75, 3.05) is 0 Å². The highest BCUT2D eigenvalue weighted by molar-refractivity contribution is 6.24. The van der Waals surface area contributed by atoms with Gasteiger partial charge in [0.15, 0.2) is 0 Å². The van der Waals surface area contributed by atoms with E-state index in [1.807, 2.05) is 24.8 Å². The Morgan fingerprint density at radius 3 is 1.29 bits per heavy atom. The Morgan fingerprint density at radius 2 is 0.794 bits per heavy atom. The molecular formula is C32H20N2. The van der Waals surface area contributed by atoms with Crippen LogP contribution in [0.3, 0.4) is 0 Å². The molecular weight excluding hydrogens is 412 g/mol. The summed E-state index contributed by atoms with van der Waals surface area (Å²) in [4.78, 5) is 9.13. The molecule has 7 aromatic rings. The minimum atomic E-state index is 1.15. The molecule has 0 N–H and O–H groups in total. The monoisotopic (exact) mass is 432 g/mol. The van der Waals surface area contributed by atoms with Crippen LogP contribution in [0.15, 0.2) is 122 Å². The van der Waals surface area contributed by atoms with E-state index in [9.17, 15) is 0 Å². The summed E-state index contributed by atoms with van der Waals surface area (Å²) < 4.78 is 0. The zero-order valence-electron chi connectivity index (χ0n) is 18.4. The molecule has 0 unspecified atom stereocenters. The van der Waals surface area contributed by atoms with Gasteiger partial charge in [-0.15, -0.1) is 0 Å². The number of rotatable bonds is 2. The molecule has 0 aliphatic carbocycles. The van der Waals surface area contributed by atoms with E-state index in [1.165, 1.54) is 54.6 Å². The lowest BCUT2D eigenvalue weighted by atomic mass is 9.85. The maximum Gasteiger partial charge on any atom is 0.0353 e. The summed E-state index contributed by atoms with van der Waals surface area (Å²) in [6.45, 7) is 0. The van der Waals surface area contributed by atoms with Crippen LogP contribution in [0.5, 0.6) is 0 Å². The van der Waals surface area contributed by atoms with E-state index < -0.39 is 0 Å². The van der Waals surface area contributed by atoms with Gasteiger partial charge in [-0.1, -0.05) is 84.9 Å². The first-order valence-electron chi connectivity index (χ1n) is 11.5. The Balaban J connectivity index is 1.70. The van der Waals surface area contributed by atoms with Crippen molar-refractivity contribution in [2.24, 2.45) is 0 Å². The minimum absolute atomic E-state index is 1.15. The van der Waals surface area contributed by atoms with Crippen molar-refractivity contribution in [3.05, 3.63) is 122 Å². The van der Waals surface area contributed by atoms with Crippen LogP contribution in [0.25, 0.3) is 65.3 Å². The molecule has 34 heavy (non-hydrogen) atoms. The molecule has 0 fully saturated rings. The number of hydrogen-bond donors (Lipinski definition) is 0. The molecule has 0 bridgehead atoms. The summed E-state index contributed by atoms with van der Waals surface area (Å²) in [5.74, 6) is 0. The van der Waals surface area contributed by atoms with Gasteiger partial charge in [0.25, 0.3) is 0 Å². The first kappa shape index (κ1) is 19.0. The second-order valence-corrected chi connectivity index (χ2v) is 8.65. The number of fused-ring (bicyclic) bond motifs is 4. The summed E-state index contributed by atoms with van der Waals surface area (Å²) >= 11 is 0. The second kappa shape index (κ2) is 7.50. The molecule has 158 valence electrons. The lowest BCUT2D eigenvalue weighted by Crippen LogP contribution is -1.93. The highest BCUT2D eigenvalue weighted by Crippen LogP contribution is 2.45. The standard InChI is InChI=1S/C32H20N2/c1-3-11-23-21(7-1)9-5-13-25(23)31-27-15-17-34-20-30(27)32(28-16-18-33-19-29(28)31)26-14-6-10-22-8-2-4-12-24(22)26/h1-20H. The summed E-state index contributed by atoms with van der Waals surface area (Å²) in [5.41, 5.74) is 4.86. The third-order valence-electron chi connectivity index (χ3n) is 6.84. The van der Waals surface area contributed by atoms with Crippen molar-refractivity contribution in [3.8, 4) is 22.3 Å². The van der Waals surface area contributed by atoms with Crippen LogP contribution in [0.2, 0.25) is 0 Å². The Labute approximate surface area is 197 Å². The van der Waals surface area contributed by atoms with Crippen molar-refractivity contribution in [1.82, 2.24) is 9.97 Å². The lowest BCUT2D eigenvalue weighted by molar-refractivity contribution is 1.36. The third kappa shape index (κ3) is 2.76. The van der Waals surface area contributed by atoms with Gasteiger partial charge < -0.3 is 0 Å². The molecule has 0 radical (unpaired) electrons. The van der Waals surface area contributed by atoms with Gasteiger partial charge in [0.1, 0.15) is 0 Å². The Kier molecular flexibility index (Phi) is 4.18. The molecule has 0 amide bonds. The number of pyridine rings is 2. The van der Waals surface area contributed by atoms with Crippen LogP contribution in [0.4, 0.5) is 0 Å². The molecule has 0 aliphatic rings. The van der Waals surface area contributed by atoms with Crippen molar-refractivity contribution in [1.29, 1.82) is 0 Å². The van der Waals surface area contributed by atoms with E-state index >= 15 is 0 Å². The summed E-state index contributed by atoms with van der Waals surface area (Å²) in [5, 5.41) is 9.64. The SMILES string of the molecule is c1ccc2c(-c3c4ccncc4c(-c4cccc5ccccc45)c4ccncc34)cccc2c1. The Bertz CT molecular complexity index is 1660. The lowest BCUT2D eigenvalue weighted by Gasteiger charge is -2.19. The van der Waals surface area contributed by atoms with Crippen molar-refractivity contribution < 1.29 is 0 Å². The van der Waals surface area contributed by atoms with Gasteiger partial charge in [-0.2, -0.15) is 0 Å². The van der Waals surface area contributed by atoms with Gasteiger partial charge in [0.2, 0.25) is 0 Å². The molecule has 0 atom stereocenters. The highest BCUT2D eigenvalue weighted by Gasteiger charge is 2.19. The number of nitrogens with zero attached hydrogens (tertiary/aromatic N) is 2. The first-order chi connectivity index (χ1) is 16.9. The quantitative estimate of drug-likeness (QED) is 0.256. The van der Waals surface area contributed by atoms with Crippen LogP contribution in [0, 0.1) is 0 Å². The number of aromatic nitrogens is 2. The average molecular weight is 433 g/mol. The molecule has 0 saturated carbocycles. The first-order valence-corrected chi connectivity index (χ1v) is 11.5. The zero-order chi connectivity index (χ0) is 22.5. The molecule has 2 nitrogen and oxygen atoms in total. The normalized spacial score (nSPS) is 11.5. The van der Waals surface area contributed by atoms with Crippen molar-refractivity contribution >= 4 is 43.1 Å².